The van der Waals surface area contributed by atoms with Gasteiger partial charge in [-0.25, -0.2) is 0 Å². The van der Waals surface area contributed by atoms with Crippen molar-refractivity contribution >= 4 is 17.5 Å². The molecule has 1 heterocycles. The van der Waals surface area contributed by atoms with Gasteiger partial charge in [-0.15, -0.1) is 0 Å². The summed E-state index contributed by atoms with van der Waals surface area (Å²) in [6, 6.07) is 10.2. The SMILES string of the molecule is Cn1ccc(C(=O)NCc2ccccc2Cl)cc1=O. The number of amides is 1. The Morgan fingerprint density at radius 3 is 2.74 bits per heavy atom. The maximum absolute atomic E-state index is 11.9. The summed E-state index contributed by atoms with van der Waals surface area (Å²) in [5.41, 5.74) is 0.960. The lowest BCUT2D eigenvalue weighted by Crippen LogP contribution is -2.25. The van der Waals surface area contributed by atoms with E-state index in [9.17, 15) is 9.59 Å². The van der Waals surface area contributed by atoms with Crippen LogP contribution in [0.3, 0.4) is 0 Å². The third-order valence-electron chi connectivity index (χ3n) is 2.76. The number of benzene rings is 1. The molecule has 0 atom stereocenters. The smallest absolute Gasteiger partial charge is 0.251 e. The molecule has 0 saturated heterocycles. The van der Waals surface area contributed by atoms with Crippen LogP contribution in [0.5, 0.6) is 0 Å². The van der Waals surface area contributed by atoms with Gasteiger partial charge >= 0.3 is 0 Å². The lowest BCUT2D eigenvalue weighted by Gasteiger charge is -2.07. The van der Waals surface area contributed by atoms with E-state index in [1.165, 1.54) is 10.6 Å². The summed E-state index contributed by atoms with van der Waals surface area (Å²) >= 11 is 6.00. The maximum atomic E-state index is 11.9. The fraction of sp³-hybridized carbons (Fsp3) is 0.143. The van der Waals surface area contributed by atoms with Gasteiger partial charge in [0, 0.05) is 36.4 Å². The van der Waals surface area contributed by atoms with Crippen LogP contribution in [0.25, 0.3) is 0 Å². The molecule has 5 heteroatoms. The average Bonchev–Trinajstić information content (AvgIpc) is 2.40. The third kappa shape index (κ3) is 3.23. The molecular weight excluding hydrogens is 264 g/mol. The van der Waals surface area contributed by atoms with Crippen molar-refractivity contribution < 1.29 is 4.79 Å². The van der Waals surface area contributed by atoms with Crippen LogP contribution < -0.4 is 10.9 Å². The van der Waals surface area contributed by atoms with Gasteiger partial charge in [0.1, 0.15) is 0 Å². The van der Waals surface area contributed by atoms with Crippen molar-refractivity contribution in [2.45, 2.75) is 6.54 Å². The van der Waals surface area contributed by atoms with E-state index in [1.807, 2.05) is 18.2 Å². The Morgan fingerprint density at radius 1 is 1.32 bits per heavy atom. The predicted octanol–water partition coefficient (Wildman–Crippen LogP) is 1.97. The van der Waals surface area contributed by atoms with Gasteiger partial charge in [0.15, 0.2) is 0 Å². The van der Waals surface area contributed by atoms with Crippen LogP contribution in [0.4, 0.5) is 0 Å². The van der Waals surface area contributed by atoms with Crippen LogP contribution >= 0.6 is 11.6 Å². The monoisotopic (exact) mass is 276 g/mol. The minimum Gasteiger partial charge on any atom is -0.348 e. The molecule has 2 rings (SSSR count). The second-order valence-corrected chi connectivity index (χ2v) is 4.55. The molecule has 2 aromatic rings. The van der Waals surface area contributed by atoms with E-state index in [2.05, 4.69) is 5.32 Å². The lowest BCUT2D eigenvalue weighted by atomic mass is 10.2. The van der Waals surface area contributed by atoms with Crippen LogP contribution in [0.2, 0.25) is 5.02 Å². The van der Waals surface area contributed by atoms with Gasteiger partial charge in [0.2, 0.25) is 0 Å². The van der Waals surface area contributed by atoms with Crippen LogP contribution in [0.15, 0.2) is 47.4 Å². The summed E-state index contributed by atoms with van der Waals surface area (Å²) in [6.45, 7) is 0.327. The highest BCUT2D eigenvalue weighted by Gasteiger charge is 2.07. The molecule has 0 saturated carbocycles. The third-order valence-corrected chi connectivity index (χ3v) is 3.13. The first kappa shape index (κ1) is 13.4. The summed E-state index contributed by atoms with van der Waals surface area (Å²) in [5.74, 6) is -0.294. The number of pyridine rings is 1. The molecule has 1 aromatic carbocycles. The lowest BCUT2D eigenvalue weighted by molar-refractivity contribution is 0.0950. The fourth-order valence-corrected chi connectivity index (χ4v) is 1.81. The number of carbonyl (C=O) groups excluding carboxylic acids is 1. The van der Waals surface area contributed by atoms with Crippen LogP contribution in [0.1, 0.15) is 15.9 Å². The maximum Gasteiger partial charge on any atom is 0.251 e. The summed E-state index contributed by atoms with van der Waals surface area (Å²) in [5, 5.41) is 3.33. The number of hydrogen-bond donors (Lipinski definition) is 1. The number of nitrogens with one attached hydrogen (secondary N) is 1. The topological polar surface area (TPSA) is 51.1 Å². The number of hydrogen-bond acceptors (Lipinski definition) is 2. The highest BCUT2D eigenvalue weighted by molar-refractivity contribution is 6.31. The zero-order chi connectivity index (χ0) is 13.8. The number of aromatic nitrogens is 1. The Balaban J connectivity index is 2.08. The van der Waals surface area contributed by atoms with Gasteiger partial charge in [-0.2, -0.15) is 0 Å². The Kier molecular flexibility index (Phi) is 4.02. The van der Waals surface area contributed by atoms with Crippen LogP contribution in [-0.4, -0.2) is 10.5 Å². The predicted molar refractivity (Wildman–Crippen MR) is 74.3 cm³/mol. The summed E-state index contributed by atoms with van der Waals surface area (Å²) in [7, 11) is 1.63. The molecule has 0 spiro atoms. The van der Waals surface area contributed by atoms with Crippen molar-refractivity contribution in [3.8, 4) is 0 Å². The Morgan fingerprint density at radius 2 is 2.05 bits per heavy atom. The van der Waals surface area contributed by atoms with Crippen LogP contribution in [0, 0.1) is 0 Å². The molecule has 0 aliphatic heterocycles. The number of nitrogens with zero attached hydrogens (tertiary/aromatic N) is 1. The van der Waals surface area contributed by atoms with Crippen molar-refractivity contribution in [3.05, 3.63) is 69.1 Å². The van der Waals surface area contributed by atoms with Gasteiger partial charge < -0.3 is 9.88 Å². The van der Waals surface area contributed by atoms with Crippen LogP contribution in [-0.2, 0) is 13.6 Å². The van der Waals surface area contributed by atoms with Gasteiger partial charge in [-0.3, -0.25) is 9.59 Å². The standard InChI is InChI=1S/C14H13ClN2O2/c1-17-7-6-10(8-13(17)18)14(19)16-9-11-4-2-3-5-12(11)15/h2-8H,9H2,1H3,(H,16,19). The van der Waals surface area contributed by atoms with E-state index >= 15 is 0 Å². The molecule has 98 valence electrons. The molecule has 1 amide bonds. The highest BCUT2D eigenvalue weighted by atomic mass is 35.5. The minimum atomic E-state index is -0.294. The second kappa shape index (κ2) is 5.71. The van der Waals surface area contributed by atoms with Gasteiger partial charge in [-0.05, 0) is 17.7 Å². The Hall–Kier alpha value is -2.07. The van der Waals surface area contributed by atoms with Crippen molar-refractivity contribution in [2.24, 2.45) is 7.05 Å². The molecule has 1 aromatic heterocycles. The molecule has 0 fully saturated rings. The van der Waals surface area contributed by atoms with E-state index in [0.29, 0.717) is 17.1 Å². The zero-order valence-corrected chi connectivity index (χ0v) is 11.1. The van der Waals surface area contributed by atoms with E-state index < -0.39 is 0 Å². The molecule has 0 aliphatic carbocycles. The van der Waals surface area contributed by atoms with E-state index in [-0.39, 0.29) is 11.5 Å². The number of aryl methyl sites for hydroxylation is 1. The molecule has 0 unspecified atom stereocenters. The first-order chi connectivity index (χ1) is 9.08. The largest absolute Gasteiger partial charge is 0.348 e. The number of carbonyl (C=O) groups is 1. The van der Waals surface area contributed by atoms with Crippen molar-refractivity contribution in [1.82, 2.24) is 9.88 Å². The molecule has 4 nitrogen and oxygen atoms in total. The van der Waals surface area contributed by atoms with Gasteiger partial charge in [-0.1, -0.05) is 29.8 Å². The summed E-state index contributed by atoms with van der Waals surface area (Å²) in [4.78, 5) is 23.3. The molecular formula is C14H13ClN2O2. The van der Waals surface area contributed by atoms with Gasteiger partial charge in [0.05, 0.1) is 0 Å². The molecule has 1 N–H and O–H groups in total. The molecule has 0 radical (unpaired) electrons. The summed E-state index contributed by atoms with van der Waals surface area (Å²) < 4.78 is 1.41. The molecule has 0 bridgehead atoms. The number of rotatable bonds is 3. The first-order valence-electron chi connectivity index (χ1n) is 5.76. The van der Waals surface area contributed by atoms with Crippen molar-refractivity contribution in [1.29, 1.82) is 0 Å². The Labute approximate surface area is 115 Å². The van der Waals surface area contributed by atoms with E-state index in [4.69, 9.17) is 11.6 Å². The normalized spacial score (nSPS) is 10.2. The van der Waals surface area contributed by atoms with Crippen molar-refractivity contribution in [3.63, 3.8) is 0 Å². The first-order valence-corrected chi connectivity index (χ1v) is 6.14. The molecule has 0 aliphatic rings. The van der Waals surface area contributed by atoms with E-state index in [1.54, 1.807) is 25.4 Å². The van der Waals surface area contributed by atoms with Gasteiger partial charge in [0.25, 0.3) is 11.5 Å². The quantitative estimate of drug-likeness (QED) is 0.932. The Bertz CT molecular complexity index is 664. The fourth-order valence-electron chi connectivity index (χ4n) is 1.61. The average molecular weight is 277 g/mol. The minimum absolute atomic E-state index is 0.217. The van der Waals surface area contributed by atoms with Crippen molar-refractivity contribution in [2.75, 3.05) is 0 Å². The highest BCUT2D eigenvalue weighted by Crippen LogP contribution is 2.14. The number of halogens is 1. The molecule has 19 heavy (non-hydrogen) atoms. The van der Waals surface area contributed by atoms with E-state index in [0.717, 1.165) is 5.56 Å². The second-order valence-electron chi connectivity index (χ2n) is 4.14. The summed E-state index contributed by atoms with van der Waals surface area (Å²) in [6.07, 6.45) is 1.56. The zero-order valence-electron chi connectivity index (χ0n) is 10.4.